The number of rotatable bonds is 1. The Morgan fingerprint density at radius 3 is 1.31 bits per heavy atom. The minimum absolute atomic E-state index is 1.10. The van der Waals surface area contributed by atoms with Crippen molar-refractivity contribution < 1.29 is 29.6 Å². The molecule has 2 aromatic carbocycles. The van der Waals surface area contributed by atoms with Gasteiger partial charge in [-0.25, -0.2) is 11.1 Å². The molecule has 16 heavy (non-hydrogen) atoms. The molecule has 0 aliphatic carbocycles. The zero-order chi connectivity index (χ0) is 12.2. The fraction of sp³-hybridized carbons (Fsp3) is 0. The van der Waals surface area contributed by atoms with Crippen LogP contribution >= 0.6 is 39.5 Å². The molecule has 0 aliphatic heterocycles. The van der Waals surface area contributed by atoms with Gasteiger partial charge in [0.25, 0.3) is 0 Å². The normalized spacial score (nSPS) is 8.12. The predicted octanol–water partition coefficient (Wildman–Crippen LogP) is 4.72. The van der Waals surface area contributed by atoms with Crippen molar-refractivity contribution in [1.29, 1.82) is 0 Å². The van der Waals surface area contributed by atoms with E-state index in [9.17, 15) is 0 Å². The Balaban J connectivity index is 0.000000509. The first kappa shape index (κ1) is 17.1. The molecule has 2 aromatic rings. The summed E-state index contributed by atoms with van der Waals surface area (Å²) >= 11 is 7.24. The summed E-state index contributed by atoms with van der Waals surface area (Å²) in [5.74, 6) is 0. The average molecular weight is 537 g/mol. The van der Waals surface area contributed by atoms with E-state index in [1.54, 1.807) is 0 Å². The molecular formula is C12H8I2Zn2. The summed E-state index contributed by atoms with van der Waals surface area (Å²) < 4.78 is 0. The van der Waals surface area contributed by atoms with Crippen molar-refractivity contribution >= 4 is 39.5 Å². The van der Waals surface area contributed by atoms with Crippen molar-refractivity contribution in [3.05, 3.63) is 60.7 Å². The van der Waals surface area contributed by atoms with Crippen LogP contribution in [0, 0.1) is 12.1 Å². The Kier molecular flexibility index (Phi) is 13.5. The third-order valence-electron chi connectivity index (χ3n) is 1.71. The smallest absolute Gasteiger partial charge is 0.144 e. The molecule has 0 bridgehead atoms. The molecule has 0 aromatic heterocycles. The molecule has 0 atom stereocenters. The van der Waals surface area contributed by atoms with Crippen LogP contribution in [0.5, 0.6) is 0 Å². The fourth-order valence-corrected chi connectivity index (χ4v) is 1.12. The van der Waals surface area contributed by atoms with Gasteiger partial charge in [-0.2, -0.15) is 48.5 Å². The van der Waals surface area contributed by atoms with Gasteiger partial charge in [0, 0.05) is 0 Å². The molecule has 0 saturated carbocycles. The molecule has 0 spiro atoms. The van der Waals surface area contributed by atoms with Crippen molar-refractivity contribution in [2.24, 2.45) is 0 Å². The van der Waals surface area contributed by atoms with Gasteiger partial charge in [-0.3, -0.25) is 0 Å². The monoisotopic (exact) mass is 534 g/mol. The van der Waals surface area contributed by atoms with E-state index in [0.717, 1.165) is 11.1 Å². The summed E-state index contributed by atoms with van der Waals surface area (Å²) in [6.07, 6.45) is 0. The zero-order valence-corrected chi connectivity index (χ0v) is 19.0. The molecule has 0 heterocycles. The minimum Gasteiger partial charge on any atom is -0.226 e. The molecule has 0 unspecified atom stereocenters. The Labute approximate surface area is 139 Å². The van der Waals surface area contributed by atoms with Crippen molar-refractivity contribution in [1.82, 2.24) is 0 Å². The first-order valence-corrected chi connectivity index (χ1v) is 22.5. The van der Waals surface area contributed by atoms with Crippen LogP contribution in [0.1, 0.15) is 0 Å². The van der Waals surface area contributed by atoms with E-state index in [2.05, 4.69) is 51.6 Å². The van der Waals surface area contributed by atoms with Gasteiger partial charge < -0.3 is 0 Å². The summed E-state index contributed by atoms with van der Waals surface area (Å²) in [4.78, 5) is 0. The van der Waals surface area contributed by atoms with Gasteiger partial charge in [0.1, 0.15) is 0 Å². The third kappa shape index (κ3) is 6.78. The molecular weight excluding hydrogens is 529 g/mol. The predicted molar refractivity (Wildman–Crippen MR) is 77.6 cm³/mol. The first-order chi connectivity index (χ1) is 7.97. The minimum atomic E-state index is 1.10. The molecule has 0 nitrogen and oxygen atoms in total. The van der Waals surface area contributed by atoms with Gasteiger partial charge in [0.15, 0.2) is 0 Å². The van der Waals surface area contributed by atoms with Gasteiger partial charge in [0.2, 0.25) is 0 Å². The maximum absolute atomic E-state index is 3.15. The summed E-state index contributed by atoms with van der Waals surface area (Å²) in [6, 6.07) is 22.1. The Bertz CT molecular complexity index is 314. The van der Waals surface area contributed by atoms with Crippen LogP contribution in [-0.4, -0.2) is 0 Å². The number of hydrogen-bond acceptors (Lipinski definition) is 0. The Morgan fingerprint density at radius 1 is 0.688 bits per heavy atom. The molecule has 0 amide bonds. The first-order valence-electron chi connectivity index (χ1n) is 4.44. The fourth-order valence-electron chi connectivity index (χ4n) is 1.12. The third-order valence-corrected chi connectivity index (χ3v) is 1.71. The van der Waals surface area contributed by atoms with Gasteiger partial charge >= 0.3 is 69.1 Å². The van der Waals surface area contributed by atoms with E-state index < -0.39 is 0 Å². The second-order valence-electron chi connectivity index (χ2n) is 2.55. The SMILES string of the molecule is [Zn+][I].[Zn+][I].[c-]1ccccc1-c1[c-]cccc1. The van der Waals surface area contributed by atoms with Crippen molar-refractivity contribution in [3.63, 3.8) is 0 Å². The second-order valence-corrected chi connectivity index (χ2v) is 2.55. The van der Waals surface area contributed by atoms with Crippen LogP contribution in [0.15, 0.2) is 48.5 Å². The van der Waals surface area contributed by atoms with E-state index in [1.165, 1.54) is 29.6 Å². The average Bonchev–Trinajstić information content (AvgIpc) is 2.45. The number of hydrogen-bond donors (Lipinski definition) is 0. The van der Waals surface area contributed by atoms with E-state index in [4.69, 9.17) is 0 Å². The van der Waals surface area contributed by atoms with Crippen LogP contribution in [0.4, 0.5) is 0 Å². The summed E-state index contributed by atoms with van der Waals surface area (Å²) in [6.45, 7) is 0. The molecule has 0 fully saturated rings. The molecule has 0 N–H and O–H groups in total. The molecule has 4 heteroatoms. The zero-order valence-electron chi connectivity index (χ0n) is 8.79. The van der Waals surface area contributed by atoms with Crippen molar-refractivity contribution in [3.8, 4) is 11.1 Å². The van der Waals surface area contributed by atoms with Crippen LogP contribution < -0.4 is 0 Å². The second kappa shape index (κ2) is 12.6. The molecule has 0 saturated heterocycles. The summed E-state index contributed by atoms with van der Waals surface area (Å²) in [7, 11) is 0. The number of benzene rings is 2. The van der Waals surface area contributed by atoms with Crippen LogP contribution in [0.2, 0.25) is 0 Å². The molecule has 0 aliphatic rings. The van der Waals surface area contributed by atoms with Gasteiger partial charge in [-0.1, -0.05) is 0 Å². The van der Waals surface area contributed by atoms with Crippen LogP contribution in [0.25, 0.3) is 11.1 Å². The van der Waals surface area contributed by atoms with Crippen molar-refractivity contribution in [2.75, 3.05) is 0 Å². The van der Waals surface area contributed by atoms with E-state index in [-0.39, 0.29) is 0 Å². The van der Waals surface area contributed by atoms with E-state index >= 15 is 0 Å². The van der Waals surface area contributed by atoms with Gasteiger partial charge in [-0.15, -0.1) is 12.1 Å². The molecule has 2 rings (SSSR count). The van der Waals surface area contributed by atoms with E-state index in [1.807, 2.05) is 48.5 Å². The summed E-state index contributed by atoms with van der Waals surface area (Å²) in [5.41, 5.74) is 2.19. The van der Waals surface area contributed by atoms with Crippen molar-refractivity contribution in [2.45, 2.75) is 0 Å². The summed E-state index contributed by atoms with van der Waals surface area (Å²) in [5, 5.41) is 0. The van der Waals surface area contributed by atoms with E-state index in [0.29, 0.717) is 0 Å². The Hall–Kier alpha value is 1.15. The Morgan fingerprint density at radius 2 is 1.06 bits per heavy atom. The molecule has 0 radical (unpaired) electrons. The van der Waals surface area contributed by atoms with Crippen LogP contribution in [-0.2, 0) is 29.6 Å². The van der Waals surface area contributed by atoms with Crippen LogP contribution in [0.3, 0.4) is 0 Å². The molecule has 74 valence electrons. The maximum atomic E-state index is 3.15. The maximum Gasteiger partial charge on any atom is -0.144 e. The topological polar surface area (TPSA) is 0 Å². The van der Waals surface area contributed by atoms with Gasteiger partial charge in [0.05, 0.1) is 0 Å². The number of halogens is 2. The standard InChI is InChI=1S/C12H8.2HI.2Zn/c1-3-7-11(8-4-1)12-9-5-2-6-10-12;;;;/h1-7,9H;2*1H;;/q-2;;;2*+2/p-2. The quantitative estimate of drug-likeness (QED) is 0.281. The van der Waals surface area contributed by atoms with Gasteiger partial charge in [-0.05, 0) is 0 Å². The largest absolute Gasteiger partial charge is 0.226 e.